The lowest BCUT2D eigenvalue weighted by Gasteiger charge is -2.44. The minimum atomic E-state index is 0.587. The molecule has 1 aromatic carbocycles. The van der Waals surface area contributed by atoms with Gasteiger partial charge in [0.15, 0.2) is 0 Å². The number of halogens is 1. The predicted molar refractivity (Wildman–Crippen MR) is 77.4 cm³/mol. The standard InChI is InChI=1S/C15H21ClN2/c1-12-10-17-8-4-6-14(17)11-18(12)15-7-3-2-5-13(15)9-16/h2-3,5,7,12,14H,4,6,8-11H2,1H3. The first-order chi connectivity index (χ1) is 8.79. The third-order valence-corrected chi connectivity index (χ3v) is 4.67. The van der Waals surface area contributed by atoms with Crippen molar-refractivity contribution >= 4 is 17.3 Å². The Morgan fingerprint density at radius 2 is 2.11 bits per heavy atom. The summed E-state index contributed by atoms with van der Waals surface area (Å²) >= 11 is 6.07. The summed E-state index contributed by atoms with van der Waals surface area (Å²) < 4.78 is 0. The fraction of sp³-hybridized carbons (Fsp3) is 0.600. The van der Waals surface area contributed by atoms with Gasteiger partial charge in [0.25, 0.3) is 0 Å². The molecule has 2 fully saturated rings. The molecule has 0 amide bonds. The molecule has 0 spiro atoms. The third kappa shape index (κ3) is 2.12. The van der Waals surface area contributed by atoms with Gasteiger partial charge in [-0.25, -0.2) is 0 Å². The molecule has 0 N–H and O–H groups in total. The highest BCUT2D eigenvalue weighted by atomic mass is 35.5. The molecule has 3 rings (SSSR count). The van der Waals surface area contributed by atoms with Crippen molar-refractivity contribution in [2.24, 2.45) is 0 Å². The van der Waals surface area contributed by atoms with Crippen LogP contribution in [0.1, 0.15) is 25.3 Å². The van der Waals surface area contributed by atoms with Crippen LogP contribution in [0.5, 0.6) is 0 Å². The minimum Gasteiger partial charge on any atom is -0.366 e. The number of fused-ring (bicyclic) bond motifs is 1. The Hall–Kier alpha value is -0.730. The van der Waals surface area contributed by atoms with E-state index in [1.54, 1.807) is 0 Å². The van der Waals surface area contributed by atoms with Gasteiger partial charge >= 0.3 is 0 Å². The minimum absolute atomic E-state index is 0.587. The fourth-order valence-electron chi connectivity index (χ4n) is 3.43. The Labute approximate surface area is 115 Å². The molecule has 0 radical (unpaired) electrons. The Morgan fingerprint density at radius 3 is 2.94 bits per heavy atom. The van der Waals surface area contributed by atoms with Crippen molar-refractivity contribution in [3.05, 3.63) is 29.8 Å². The van der Waals surface area contributed by atoms with Crippen molar-refractivity contribution in [1.82, 2.24) is 4.90 Å². The van der Waals surface area contributed by atoms with E-state index in [9.17, 15) is 0 Å². The van der Waals surface area contributed by atoms with Gasteiger partial charge in [-0.2, -0.15) is 0 Å². The number of rotatable bonds is 2. The monoisotopic (exact) mass is 264 g/mol. The van der Waals surface area contributed by atoms with E-state index in [2.05, 4.69) is 41.0 Å². The maximum absolute atomic E-state index is 6.07. The van der Waals surface area contributed by atoms with Gasteiger partial charge in [0.05, 0.1) is 0 Å². The molecule has 2 atom stereocenters. The number of nitrogens with zero attached hydrogens (tertiary/aromatic N) is 2. The Morgan fingerprint density at radius 1 is 1.28 bits per heavy atom. The number of para-hydroxylation sites is 1. The molecule has 0 aromatic heterocycles. The molecule has 0 saturated carbocycles. The van der Waals surface area contributed by atoms with Gasteiger partial charge in [-0.3, -0.25) is 4.90 Å². The predicted octanol–water partition coefficient (Wildman–Crippen LogP) is 3.10. The van der Waals surface area contributed by atoms with Crippen LogP contribution in [0, 0.1) is 0 Å². The van der Waals surface area contributed by atoms with Gasteiger partial charge in [-0.15, -0.1) is 11.6 Å². The van der Waals surface area contributed by atoms with E-state index in [1.165, 1.54) is 37.2 Å². The van der Waals surface area contributed by atoms with Crippen LogP contribution in [0.25, 0.3) is 0 Å². The average Bonchev–Trinajstić information content (AvgIpc) is 2.84. The van der Waals surface area contributed by atoms with Crippen molar-refractivity contribution in [3.8, 4) is 0 Å². The van der Waals surface area contributed by atoms with Crippen LogP contribution in [-0.4, -0.2) is 36.6 Å². The number of hydrogen-bond acceptors (Lipinski definition) is 2. The van der Waals surface area contributed by atoms with Crippen molar-refractivity contribution in [2.75, 3.05) is 24.5 Å². The second kappa shape index (κ2) is 5.10. The van der Waals surface area contributed by atoms with Crippen LogP contribution in [0.15, 0.2) is 24.3 Å². The number of hydrogen-bond donors (Lipinski definition) is 0. The summed E-state index contributed by atoms with van der Waals surface area (Å²) in [6, 6.07) is 9.92. The smallest absolute Gasteiger partial charge is 0.0494 e. The molecule has 18 heavy (non-hydrogen) atoms. The maximum Gasteiger partial charge on any atom is 0.0494 e. The lowest BCUT2D eigenvalue weighted by Crippen LogP contribution is -2.55. The van der Waals surface area contributed by atoms with Gasteiger partial charge in [0, 0.05) is 36.7 Å². The molecule has 2 heterocycles. The summed E-state index contributed by atoms with van der Waals surface area (Å²) in [7, 11) is 0. The molecular weight excluding hydrogens is 244 g/mol. The highest BCUT2D eigenvalue weighted by molar-refractivity contribution is 6.17. The van der Waals surface area contributed by atoms with Crippen molar-refractivity contribution in [3.63, 3.8) is 0 Å². The van der Waals surface area contributed by atoms with Gasteiger partial charge < -0.3 is 4.90 Å². The summed E-state index contributed by atoms with van der Waals surface area (Å²) in [5.74, 6) is 0.605. The SMILES string of the molecule is CC1CN2CCCC2CN1c1ccccc1CCl. The van der Waals surface area contributed by atoms with E-state index < -0.39 is 0 Å². The first-order valence-corrected chi connectivity index (χ1v) is 7.47. The van der Waals surface area contributed by atoms with E-state index in [0.717, 1.165) is 12.6 Å². The molecule has 2 unspecified atom stereocenters. The molecule has 0 aliphatic carbocycles. The normalized spacial score (nSPS) is 28.4. The molecule has 2 saturated heterocycles. The fourth-order valence-corrected chi connectivity index (χ4v) is 3.65. The van der Waals surface area contributed by atoms with Crippen LogP contribution in [0.2, 0.25) is 0 Å². The first kappa shape index (κ1) is 12.3. The molecule has 3 heteroatoms. The highest BCUT2D eigenvalue weighted by Crippen LogP contribution is 2.31. The second-order valence-electron chi connectivity index (χ2n) is 5.55. The first-order valence-electron chi connectivity index (χ1n) is 6.94. The molecule has 98 valence electrons. The summed E-state index contributed by atoms with van der Waals surface area (Å²) in [4.78, 5) is 5.22. The van der Waals surface area contributed by atoms with Crippen LogP contribution in [0.3, 0.4) is 0 Å². The van der Waals surface area contributed by atoms with E-state index in [-0.39, 0.29) is 0 Å². The third-order valence-electron chi connectivity index (χ3n) is 4.38. The topological polar surface area (TPSA) is 6.48 Å². The maximum atomic E-state index is 6.07. The molecule has 0 bridgehead atoms. The van der Waals surface area contributed by atoms with E-state index in [4.69, 9.17) is 11.6 Å². The van der Waals surface area contributed by atoms with Crippen LogP contribution < -0.4 is 4.90 Å². The van der Waals surface area contributed by atoms with E-state index in [1.807, 2.05) is 0 Å². The quantitative estimate of drug-likeness (QED) is 0.758. The molecular formula is C15H21ClN2. The zero-order valence-electron chi connectivity index (χ0n) is 11.0. The molecule has 1 aromatic rings. The summed E-state index contributed by atoms with van der Waals surface area (Å²) in [6.45, 7) is 5.98. The number of anilines is 1. The zero-order chi connectivity index (χ0) is 12.5. The Bertz CT molecular complexity index is 421. The summed E-state index contributed by atoms with van der Waals surface area (Å²) in [5, 5.41) is 0. The van der Waals surface area contributed by atoms with Gasteiger partial charge in [-0.1, -0.05) is 18.2 Å². The van der Waals surface area contributed by atoms with Crippen molar-refractivity contribution < 1.29 is 0 Å². The van der Waals surface area contributed by atoms with Crippen LogP contribution in [0.4, 0.5) is 5.69 Å². The Kier molecular flexibility index (Phi) is 3.49. The lowest BCUT2D eigenvalue weighted by molar-refractivity contribution is 0.203. The number of benzene rings is 1. The summed E-state index contributed by atoms with van der Waals surface area (Å²) in [5.41, 5.74) is 2.60. The zero-order valence-corrected chi connectivity index (χ0v) is 11.7. The largest absolute Gasteiger partial charge is 0.366 e. The lowest BCUT2D eigenvalue weighted by atomic mass is 10.0. The number of alkyl halides is 1. The molecule has 2 nitrogen and oxygen atoms in total. The second-order valence-corrected chi connectivity index (χ2v) is 5.82. The van der Waals surface area contributed by atoms with E-state index in [0.29, 0.717) is 11.9 Å². The van der Waals surface area contributed by atoms with Gasteiger partial charge in [0.2, 0.25) is 0 Å². The van der Waals surface area contributed by atoms with Crippen LogP contribution >= 0.6 is 11.6 Å². The number of piperazine rings is 1. The van der Waals surface area contributed by atoms with E-state index >= 15 is 0 Å². The van der Waals surface area contributed by atoms with Gasteiger partial charge in [0.1, 0.15) is 0 Å². The van der Waals surface area contributed by atoms with Gasteiger partial charge in [-0.05, 0) is 37.9 Å². The molecule has 2 aliphatic rings. The van der Waals surface area contributed by atoms with Crippen LogP contribution in [-0.2, 0) is 5.88 Å². The highest BCUT2D eigenvalue weighted by Gasteiger charge is 2.34. The van der Waals surface area contributed by atoms with Crippen molar-refractivity contribution in [1.29, 1.82) is 0 Å². The summed E-state index contributed by atoms with van der Waals surface area (Å²) in [6.07, 6.45) is 2.72. The average molecular weight is 265 g/mol. The molecule has 2 aliphatic heterocycles. The van der Waals surface area contributed by atoms with Crippen molar-refractivity contribution in [2.45, 2.75) is 37.7 Å². The Balaban J connectivity index is 1.86.